The summed E-state index contributed by atoms with van der Waals surface area (Å²) < 4.78 is 5.57. The smallest absolute Gasteiger partial charge is 0.143 e. The van der Waals surface area contributed by atoms with Gasteiger partial charge in [0.25, 0.3) is 0 Å². The number of hydrogen-bond donors (Lipinski definition) is 1. The van der Waals surface area contributed by atoms with Crippen molar-refractivity contribution >= 4 is 5.78 Å². The molecule has 1 saturated carbocycles. The first-order chi connectivity index (χ1) is 8.13. The zero-order valence-corrected chi connectivity index (χ0v) is 10.1. The van der Waals surface area contributed by atoms with Gasteiger partial charge in [-0.25, -0.2) is 0 Å². The molecule has 1 fully saturated rings. The van der Waals surface area contributed by atoms with E-state index >= 15 is 0 Å². The summed E-state index contributed by atoms with van der Waals surface area (Å²) in [6.45, 7) is 2.57. The first-order valence-electron chi connectivity index (χ1n) is 5.96. The van der Waals surface area contributed by atoms with Crippen molar-refractivity contribution in [2.75, 3.05) is 6.61 Å². The number of aliphatic hydroxyl groups is 1. The van der Waals surface area contributed by atoms with E-state index < -0.39 is 11.5 Å². The first kappa shape index (κ1) is 12.3. The van der Waals surface area contributed by atoms with Crippen LogP contribution in [0.5, 0.6) is 0 Å². The number of carbonyl (C=O) groups excluding carboxylic acids is 1. The first-order valence-corrected chi connectivity index (χ1v) is 5.96. The number of hydrogen-bond acceptors (Lipinski definition) is 3. The van der Waals surface area contributed by atoms with Crippen LogP contribution in [0.3, 0.4) is 0 Å². The Bertz CT molecular complexity index is 388. The third-order valence-electron chi connectivity index (χ3n) is 3.53. The fourth-order valence-corrected chi connectivity index (χ4v) is 2.19. The maximum atomic E-state index is 11.7. The molecule has 0 bridgehead atoms. The molecule has 2 atom stereocenters. The minimum Gasteiger partial charge on any atom is -0.392 e. The van der Waals surface area contributed by atoms with E-state index in [1.165, 1.54) is 0 Å². The van der Waals surface area contributed by atoms with E-state index in [0.717, 1.165) is 5.56 Å². The normalized spacial score (nSPS) is 28.6. The van der Waals surface area contributed by atoms with Crippen LogP contribution in [-0.4, -0.2) is 23.6 Å². The highest BCUT2D eigenvalue weighted by Gasteiger charge is 2.45. The zero-order valence-electron chi connectivity index (χ0n) is 10.1. The van der Waals surface area contributed by atoms with Crippen LogP contribution in [0.2, 0.25) is 0 Å². The molecule has 0 heterocycles. The molecule has 0 saturated heterocycles. The number of ketones is 1. The van der Waals surface area contributed by atoms with E-state index in [2.05, 4.69) is 0 Å². The summed E-state index contributed by atoms with van der Waals surface area (Å²) in [7, 11) is 0. The van der Waals surface area contributed by atoms with Crippen LogP contribution < -0.4 is 0 Å². The Balaban J connectivity index is 1.88. The predicted octanol–water partition coefficient (Wildman–Crippen LogP) is 1.93. The maximum absolute atomic E-state index is 11.7. The molecule has 92 valence electrons. The molecule has 3 heteroatoms. The average Bonchev–Trinajstić information content (AvgIpc) is 2.59. The highest BCUT2D eigenvalue weighted by molar-refractivity contribution is 5.87. The lowest BCUT2D eigenvalue weighted by atomic mass is 9.86. The van der Waals surface area contributed by atoms with E-state index in [1.54, 1.807) is 6.92 Å². The molecule has 1 aromatic rings. The van der Waals surface area contributed by atoms with E-state index in [9.17, 15) is 9.90 Å². The highest BCUT2D eigenvalue weighted by atomic mass is 16.5. The molecule has 0 unspecified atom stereocenters. The fourth-order valence-electron chi connectivity index (χ4n) is 2.19. The lowest BCUT2D eigenvalue weighted by Gasteiger charge is -2.25. The molecule has 0 spiro atoms. The van der Waals surface area contributed by atoms with Gasteiger partial charge in [0.2, 0.25) is 0 Å². The molecular weight excluding hydrogens is 216 g/mol. The molecule has 0 aromatic heterocycles. The Kier molecular flexibility index (Phi) is 3.60. The highest BCUT2D eigenvalue weighted by Crippen LogP contribution is 2.35. The fraction of sp³-hybridized carbons (Fsp3) is 0.500. The van der Waals surface area contributed by atoms with Gasteiger partial charge >= 0.3 is 0 Å². The van der Waals surface area contributed by atoms with Gasteiger partial charge in [-0.1, -0.05) is 30.3 Å². The Morgan fingerprint density at radius 2 is 2.12 bits per heavy atom. The predicted molar refractivity (Wildman–Crippen MR) is 64.5 cm³/mol. The van der Waals surface area contributed by atoms with Gasteiger partial charge in [-0.15, -0.1) is 0 Å². The average molecular weight is 234 g/mol. The van der Waals surface area contributed by atoms with Gasteiger partial charge in [-0.05, 0) is 18.9 Å². The van der Waals surface area contributed by atoms with Gasteiger partial charge < -0.3 is 9.84 Å². The molecule has 0 amide bonds. The number of rotatable bonds is 4. The van der Waals surface area contributed by atoms with Crippen LogP contribution >= 0.6 is 0 Å². The van der Waals surface area contributed by atoms with Crippen molar-refractivity contribution in [3.63, 3.8) is 0 Å². The standard InChI is InChI=1S/C14H18O3/c1-14(12(15)7-8-13(14)16)10-17-9-11-5-3-2-4-6-11/h2-6,12,15H,7-10H2,1H3/t12-,14+/m0/s1. The molecule has 17 heavy (non-hydrogen) atoms. The number of benzene rings is 1. The third kappa shape index (κ3) is 2.56. The topological polar surface area (TPSA) is 46.5 Å². The van der Waals surface area contributed by atoms with E-state index in [4.69, 9.17) is 4.74 Å². The lowest BCUT2D eigenvalue weighted by Crippen LogP contribution is -2.37. The molecule has 3 nitrogen and oxygen atoms in total. The summed E-state index contributed by atoms with van der Waals surface area (Å²) in [6, 6.07) is 9.82. The minimum atomic E-state index is -0.714. The van der Waals surface area contributed by atoms with Crippen molar-refractivity contribution in [2.45, 2.75) is 32.5 Å². The molecule has 1 N–H and O–H groups in total. The van der Waals surface area contributed by atoms with Gasteiger partial charge in [-0.3, -0.25) is 4.79 Å². The van der Waals surface area contributed by atoms with E-state index in [1.807, 2.05) is 30.3 Å². The van der Waals surface area contributed by atoms with Gasteiger partial charge in [0, 0.05) is 6.42 Å². The van der Waals surface area contributed by atoms with Crippen molar-refractivity contribution in [1.82, 2.24) is 0 Å². The second-order valence-electron chi connectivity index (χ2n) is 4.87. The minimum absolute atomic E-state index is 0.109. The summed E-state index contributed by atoms with van der Waals surface area (Å²) in [4.78, 5) is 11.7. The Hall–Kier alpha value is -1.19. The number of carbonyl (C=O) groups is 1. The van der Waals surface area contributed by atoms with E-state index in [-0.39, 0.29) is 5.78 Å². The molecule has 1 aromatic carbocycles. The molecule has 1 aliphatic carbocycles. The Morgan fingerprint density at radius 1 is 1.41 bits per heavy atom. The van der Waals surface area contributed by atoms with Crippen LogP contribution in [0.25, 0.3) is 0 Å². The van der Waals surface area contributed by atoms with Crippen LogP contribution in [0.4, 0.5) is 0 Å². The quantitative estimate of drug-likeness (QED) is 0.866. The summed E-state index contributed by atoms with van der Waals surface area (Å²) in [5.41, 5.74) is 0.366. The van der Waals surface area contributed by atoms with Crippen molar-refractivity contribution in [3.8, 4) is 0 Å². The molecular formula is C14H18O3. The van der Waals surface area contributed by atoms with Crippen LogP contribution in [0.15, 0.2) is 30.3 Å². The second kappa shape index (κ2) is 4.98. The zero-order chi connectivity index (χ0) is 12.3. The Labute approximate surface area is 101 Å². The number of ether oxygens (including phenoxy) is 1. The van der Waals surface area contributed by atoms with Crippen LogP contribution in [-0.2, 0) is 16.1 Å². The monoisotopic (exact) mass is 234 g/mol. The van der Waals surface area contributed by atoms with Gasteiger partial charge in [-0.2, -0.15) is 0 Å². The summed E-state index contributed by atoms with van der Waals surface area (Å²) in [5.74, 6) is 0.109. The second-order valence-corrected chi connectivity index (χ2v) is 4.87. The third-order valence-corrected chi connectivity index (χ3v) is 3.53. The molecule has 0 radical (unpaired) electrons. The largest absolute Gasteiger partial charge is 0.392 e. The molecule has 1 aliphatic rings. The number of aliphatic hydroxyl groups excluding tert-OH is 1. The molecule has 2 rings (SSSR count). The van der Waals surface area contributed by atoms with Crippen molar-refractivity contribution in [3.05, 3.63) is 35.9 Å². The molecule has 0 aliphatic heterocycles. The van der Waals surface area contributed by atoms with Gasteiger partial charge in [0.15, 0.2) is 0 Å². The summed E-state index contributed by atoms with van der Waals surface area (Å²) >= 11 is 0. The summed E-state index contributed by atoms with van der Waals surface area (Å²) in [6.07, 6.45) is 0.460. The van der Waals surface area contributed by atoms with Crippen LogP contribution in [0, 0.1) is 5.41 Å². The van der Waals surface area contributed by atoms with E-state index in [0.29, 0.717) is 26.1 Å². The SMILES string of the molecule is C[C@]1(COCc2ccccc2)C(=O)CC[C@@H]1O. The lowest BCUT2D eigenvalue weighted by molar-refractivity contribution is -0.133. The van der Waals surface area contributed by atoms with Crippen molar-refractivity contribution in [2.24, 2.45) is 5.41 Å². The maximum Gasteiger partial charge on any atom is 0.143 e. The Morgan fingerprint density at radius 3 is 2.71 bits per heavy atom. The van der Waals surface area contributed by atoms with Crippen molar-refractivity contribution < 1.29 is 14.6 Å². The number of Topliss-reactive ketones (excluding diaryl/α,β-unsaturated/α-hetero) is 1. The van der Waals surface area contributed by atoms with Crippen LogP contribution in [0.1, 0.15) is 25.3 Å². The van der Waals surface area contributed by atoms with Gasteiger partial charge in [0.05, 0.1) is 24.7 Å². The van der Waals surface area contributed by atoms with Crippen molar-refractivity contribution in [1.29, 1.82) is 0 Å². The summed E-state index contributed by atoms with van der Waals surface area (Å²) in [5, 5.41) is 9.81. The van der Waals surface area contributed by atoms with Gasteiger partial charge in [0.1, 0.15) is 5.78 Å².